The van der Waals surface area contributed by atoms with Gasteiger partial charge in [0.25, 0.3) is 0 Å². The third-order valence-corrected chi connectivity index (χ3v) is 4.55. The second-order valence-corrected chi connectivity index (χ2v) is 6.69. The highest BCUT2D eigenvalue weighted by Crippen LogP contribution is 2.35. The Kier molecular flexibility index (Phi) is 5.36. The van der Waals surface area contributed by atoms with Crippen molar-refractivity contribution in [2.45, 2.75) is 20.0 Å². The van der Waals surface area contributed by atoms with Crippen LogP contribution in [0.1, 0.15) is 18.2 Å². The smallest absolute Gasteiger partial charge is 0.162 e. The Balaban J connectivity index is 1.61. The molecule has 1 aromatic carbocycles. The lowest BCUT2D eigenvalue weighted by Crippen LogP contribution is -2.23. The zero-order valence-corrected chi connectivity index (χ0v) is 16.1. The largest absolute Gasteiger partial charge is 0.486 e. The van der Waals surface area contributed by atoms with E-state index in [-0.39, 0.29) is 0 Å². The highest BCUT2D eigenvalue weighted by atomic mass is 16.6. The second-order valence-electron chi connectivity index (χ2n) is 6.69. The van der Waals surface area contributed by atoms with E-state index in [0.29, 0.717) is 32.8 Å². The van der Waals surface area contributed by atoms with Crippen LogP contribution in [-0.4, -0.2) is 34.4 Å². The first-order valence-electron chi connectivity index (χ1n) is 9.30. The number of hydrogen-bond acceptors (Lipinski definition) is 5. The summed E-state index contributed by atoms with van der Waals surface area (Å²) in [6, 6.07) is 9.87. The fraction of sp³-hybridized carbons (Fsp3) is 0.318. The highest BCUT2D eigenvalue weighted by molar-refractivity contribution is 5.66. The molecule has 3 aromatic rings. The second kappa shape index (κ2) is 8.24. The maximum Gasteiger partial charge on any atom is 0.162 e. The molecule has 0 saturated heterocycles. The number of nitrogens with zero attached hydrogens (tertiary/aromatic N) is 3. The molecule has 0 fully saturated rings. The van der Waals surface area contributed by atoms with Gasteiger partial charge in [-0.2, -0.15) is 5.10 Å². The van der Waals surface area contributed by atoms with E-state index in [2.05, 4.69) is 22.9 Å². The van der Waals surface area contributed by atoms with Crippen molar-refractivity contribution in [3.63, 3.8) is 0 Å². The van der Waals surface area contributed by atoms with E-state index in [4.69, 9.17) is 19.0 Å². The first kappa shape index (κ1) is 18.2. The van der Waals surface area contributed by atoms with Gasteiger partial charge in [-0.15, -0.1) is 5.92 Å². The van der Waals surface area contributed by atoms with E-state index in [9.17, 15) is 0 Å². The normalized spacial score (nSPS) is 12.7. The lowest BCUT2D eigenvalue weighted by molar-refractivity contribution is 0.171. The molecule has 144 valence electrons. The van der Waals surface area contributed by atoms with E-state index in [0.717, 1.165) is 34.1 Å². The molecule has 1 aliphatic heterocycles. The zero-order valence-electron chi connectivity index (χ0n) is 16.1. The summed E-state index contributed by atoms with van der Waals surface area (Å²) < 4.78 is 18.7. The molecule has 6 nitrogen and oxygen atoms in total. The monoisotopic (exact) mass is 377 g/mol. The van der Waals surface area contributed by atoms with Crippen LogP contribution in [-0.2, 0) is 20.1 Å². The van der Waals surface area contributed by atoms with E-state index in [1.54, 1.807) is 6.26 Å². The summed E-state index contributed by atoms with van der Waals surface area (Å²) in [7, 11) is 1.94. The fourth-order valence-electron chi connectivity index (χ4n) is 3.31. The number of ether oxygens (including phenoxy) is 2. The predicted molar refractivity (Wildman–Crippen MR) is 106 cm³/mol. The molecule has 28 heavy (non-hydrogen) atoms. The minimum atomic E-state index is 0.568. The van der Waals surface area contributed by atoms with Gasteiger partial charge in [0.05, 0.1) is 25.0 Å². The molecular formula is C22H23N3O3. The Labute approximate surface area is 164 Å². The Morgan fingerprint density at radius 1 is 1.14 bits per heavy atom. The first-order chi connectivity index (χ1) is 13.7. The zero-order chi connectivity index (χ0) is 19.3. The Morgan fingerprint density at radius 2 is 2.00 bits per heavy atom. The molecule has 0 unspecified atom stereocenters. The van der Waals surface area contributed by atoms with Crippen molar-refractivity contribution in [3.05, 3.63) is 54.1 Å². The Morgan fingerprint density at radius 3 is 2.79 bits per heavy atom. The van der Waals surface area contributed by atoms with E-state index < -0.39 is 0 Å². The van der Waals surface area contributed by atoms with Crippen molar-refractivity contribution in [2.24, 2.45) is 7.05 Å². The van der Waals surface area contributed by atoms with Crippen molar-refractivity contribution in [1.82, 2.24) is 14.7 Å². The van der Waals surface area contributed by atoms with Gasteiger partial charge in [0.1, 0.15) is 19.0 Å². The van der Waals surface area contributed by atoms with Crippen LogP contribution in [0.15, 0.2) is 47.2 Å². The predicted octanol–water partition coefficient (Wildman–Crippen LogP) is 3.48. The molecule has 4 rings (SSSR count). The summed E-state index contributed by atoms with van der Waals surface area (Å²) in [6.45, 7) is 5.08. The van der Waals surface area contributed by atoms with Crippen molar-refractivity contribution in [3.8, 4) is 34.6 Å². The lowest BCUT2D eigenvalue weighted by Gasteiger charge is -2.20. The van der Waals surface area contributed by atoms with E-state index in [1.807, 2.05) is 49.0 Å². The van der Waals surface area contributed by atoms with Crippen LogP contribution in [0.2, 0.25) is 0 Å². The molecule has 2 aromatic heterocycles. The van der Waals surface area contributed by atoms with E-state index >= 15 is 0 Å². The van der Waals surface area contributed by atoms with Crippen molar-refractivity contribution in [2.75, 3.05) is 19.8 Å². The van der Waals surface area contributed by atoms with Crippen LogP contribution >= 0.6 is 0 Å². The van der Waals surface area contributed by atoms with Crippen molar-refractivity contribution in [1.29, 1.82) is 0 Å². The molecule has 6 heteroatoms. The minimum Gasteiger partial charge on any atom is -0.486 e. The lowest BCUT2D eigenvalue weighted by atomic mass is 10.1. The molecule has 0 saturated carbocycles. The number of hydrogen-bond donors (Lipinski definition) is 0. The number of benzene rings is 1. The van der Waals surface area contributed by atoms with Gasteiger partial charge < -0.3 is 13.9 Å². The molecule has 0 atom stereocenters. The van der Waals surface area contributed by atoms with E-state index in [1.165, 1.54) is 0 Å². The minimum absolute atomic E-state index is 0.568. The summed E-state index contributed by atoms with van der Waals surface area (Å²) in [5, 5.41) is 4.69. The Hall–Kier alpha value is -3.17. The third kappa shape index (κ3) is 4.05. The van der Waals surface area contributed by atoms with Crippen molar-refractivity contribution >= 4 is 0 Å². The molecule has 3 heterocycles. The van der Waals surface area contributed by atoms with Crippen LogP contribution in [0.25, 0.3) is 11.3 Å². The maximum atomic E-state index is 5.74. The van der Waals surface area contributed by atoms with Gasteiger partial charge >= 0.3 is 0 Å². The molecule has 0 radical (unpaired) electrons. The first-order valence-corrected chi connectivity index (χ1v) is 9.30. The van der Waals surface area contributed by atoms with Crippen LogP contribution in [0.5, 0.6) is 11.5 Å². The number of aryl methyl sites for hydroxylation is 1. The van der Waals surface area contributed by atoms with Gasteiger partial charge in [-0.25, -0.2) is 0 Å². The van der Waals surface area contributed by atoms with Gasteiger partial charge in [0.15, 0.2) is 11.5 Å². The SMILES string of the molecule is CC#CCN(Cc1ccco1)Cc1cn(C)nc1-c1ccc2c(c1)OCCO2. The summed E-state index contributed by atoms with van der Waals surface area (Å²) in [6.07, 6.45) is 3.75. The molecule has 0 bridgehead atoms. The van der Waals surface area contributed by atoms with Gasteiger partial charge in [0, 0.05) is 30.9 Å². The Bertz CT molecular complexity index is 996. The van der Waals surface area contributed by atoms with Gasteiger partial charge in [0.2, 0.25) is 0 Å². The van der Waals surface area contributed by atoms with Gasteiger partial charge in [-0.3, -0.25) is 9.58 Å². The molecular weight excluding hydrogens is 354 g/mol. The molecule has 0 N–H and O–H groups in total. The molecule has 0 aliphatic carbocycles. The maximum absolute atomic E-state index is 5.74. The molecule has 0 spiro atoms. The summed E-state index contributed by atoms with van der Waals surface area (Å²) >= 11 is 0. The van der Waals surface area contributed by atoms with Gasteiger partial charge in [-0.05, 0) is 37.3 Å². The molecule has 1 aliphatic rings. The van der Waals surface area contributed by atoms with Crippen LogP contribution in [0.4, 0.5) is 0 Å². The third-order valence-electron chi connectivity index (χ3n) is 4.55. The number of rotatable bonds is 6. The van der Waals surface area contributed by atoms with Crippen LogP contribution in [0.3, 0.4) is 0 Å². The molecule has 0 amide bonds. The standard InChI is InChI=1S/C22H23N3O3/c1-3-4-9-25(16-19-6-5-10-26-19)15-18-14-24(2)23-22(18)17-7-8-20-21(13-17)28-12-11-27-20/h5-8,10,13-14H,9,11-12,15-16H2,1-2H3. The number of furan rings is 1. The van der Waals surface area contributed by atoms with Gasteiger partial charge in [-0.1, -0.05) is 5.92 Å². The van der Waals surface area contributed by atoms with Crippen LogP contribution < -0.4 is 9.47 Å². The fourth-order valence-corrected chi connectivity index (χ4v) is 3.31. The average Bonchev–Trinajstić information content (AvgIpc) is 3.35. The van der Waals surface area contributed by atoms with Crippen molar-refractivity contribution < 1.29 is 13.9 Å². The summed E-state index contributed by atoms with van der Waals surface area (Å²) in [5.74, 6) is 8.60. The van der Waals surface area contributed by atoms with Crippen LogP contribution in [0, 0.1) is 11.8 Å². The summed E-state index contributed by atoms with van der Waals surface area (Å²) in [5.41, 5.74) is 3.08. The highest BCUT2D eigenvalue weighted by Gasteiger charge is 2.18. The number of fused-ring (bicyclic) bond motifs is 1. The summed E-state index contributed by atoms with van der Waals surface area (Å²) in [4.78, 5) is 2.24. The average molecular weight is 377 g/mol. The topological polar surface area (TPSA) is 52.7 Å². The quantitative estimate of drug-likeness (QED) is 0.616. The number of aromatic nitrogens is 2.